The summed E-state index contributed by atoms with van der Waals surface area (Å²) in [5.74, 6) is 0.493. The summed E-state index contributed by atoms with van der Waals surface area (Å²) in [6.45, 7) is 19.6. The molecule has 0 aromatic heterocycles. The molecule has 0 heterocycles. The van der Waals surface area contributed by atoms with Gasteiger partial charge in [-0.05, 0) is 68.4 Å². The standard InChI is InChI=1S/C20H28/c1-9-18(13(2)3)17(8)20(14(4)5)19-11-10-15(6)12-16(19)7/h9-13H,8H2,1-7H3/b18-9-. The Morgan fingerprint density at radius 1 is 1.15 bits per heavy atom. The summed E-state index contributed by atoms with van der Waals surface area (Å²) in [4.78, 5) is 0. The van der Waals surface area contributed by atoms with Crippen LogP contribution in [-0.4, -0.2) is 0 Å². The number of aryl methyl sites for hydroxylation is 2. The highest BCUT2D eigenvalue weighted by Crippen LogP contribution is 2.35. The maximum absolute atomic E-state index is 4.38. The minimum absolute atomic E-state index is 0.493. The molecule has 0 aliphatic carbocycles. The average Bonchev–Trinajstić information content (AvgIpc) is 2.32. The Labute approximate surface area is 124 Å². The van der Waals surface area contributed by atoms with Crippen molar-refractivity contribution in [1.29, 1.82) is 0 Å². The summed E-state index contributed by atoms with van der Waals surface area (Å²) in [7, 11) is 0. The lowest BCUT2D eigenvalue weighted by Gasteiger charge is -2.21. The van der Waals surface area contributed by atoms with Gasteiger partial charge < -0.3 is 0 Å². The molecule has 0 saturated carbocycles. The monoisotopic (exact) mass is 268 g/mol. The summed E-state index contributed by atoms with van der Waals surface area (Å²) in [5.41, 5.74) is 9.05. The van der Waals surface area contributed by atoms with Crippen molar-refractivity contribution in [3.8, 4) is 0 Å². The topological polar surface area (TPSA) is 0 Å². The zero-order valence-electron chi connectivity index (χ0n) is 14.1. The first-order valence-electron chi connectivity index (χ1n) is 7.40. The molecule has 0 saturated heterocycles. The third-order valence-corrected chi connectivity index (χ3v) is 3.73. The van der Waals surface area contributed by atoms with Crippen molar-refractivity contribution in [2.45, 2.75) is 48.5 Å². The molecule has 0 heteroatoms. The van der Waals surface area contributed by atoms with Crippen LogP contribution >= 0.6 is 0 Å². The van der Waals surface area contributed by atoms with Crippen molar-refractivity contribution in [3.05, 3.63) is 64.3 Å². The zero-order valence-corrected chi connectivity index (χ0v) is 14.1. The molecule has 1 aromatic carbocycles. The van der Waals surface area contributed by atoms with E-state index in [1.165, 1.54) is 33.4 Å². The first-order chi connectivity index (χ1) is 9.29. The van der Waals surface area contributed by atoms with Crippen LogP contribution in [-0.2, 0) is 0 Å². The average molecular weight is 268 g/mol. The molecule has 0 spiro atoms. The van der Waals surface area contributed by atoms with Gasteiger partial charge in [0, 0.05) is 0 Å². The van der Waals surface area contributed by atoms with Crippen molar-refractivity contribution in [2.75, 3.05) is 0 Å². The predicted octanol–water partition coefficient (Wildman–Crippen LogP) is 6.26. The summed E-state index contributed by atoms with van der Waals surface area (Å²) in [6.07, 6.45) is 2.19. The van der Waals surface area contributed by atoms with Gasteiger partial charge in [0.1, 0.15) is 0 Å². The molecule has 0 fully saturated rings. The quantitative estimate of drug-likeness (QED) is 0.566. The van der Waals surface area contributed by atoms with E-state index in [0.717, 1.165) is 5.57 Å². The van der Waals surface area contributed by atoms with E-state index >= 15 is 0 Å². The van der Waals surface area contributed by atoms with E-state index in [9.17, 15) is 0 Å². The molecule has 0 N–H and O–H groups in total. The first-order valence-corrected chi connectivity index (χ1v) is 7.40. The fourth-order valence-corrected chi connectivity index (χ4v) is 2.83. The largest absolute Gasteiger partial charge is 0.0909 e. The number of rotatable bonds is 4. The molecule has 0 aliphatic rings. The van der Waals surface area contributed by atoms with Crippen LogP contribution in [0.1, 0.15) is 51.3 Å². The van der Waals surface area contributed by atoms with Gasteiger partial charge in [0.2, 0.25) is 0 Å². The molecule has 108 valence electrons. The second kappa shape index (κ2) is 6.74. The Balaban J connectivity index is 3.42. The Hall–Kier alpha value is -1.56. The summed E-state index contributed by atoms with van der Waals surface area (Å²) in [6, 6.07) is 6.66. The van der Waals surface area contributed by atoms with Crippen molar-refractivity contribution in [3.63, 3.8) is 0 Å². The molecular weight excluding hydrogens is 240 g/mol. The lowest BCUT2D eigenvalue weighted by atomic mass is 9.84. The molecular formula is C20H28. The van der Waals surface area contributed by atoms with Crippen LogP contribution in [0.3, 0.4) is 0 Å². The Kier molecular flexibility index (Phi) is 5.56. The second-order valence-electron chi connectivity index (χ2n) is 6.07. The Bertz CT molecular complexity index is 562. The van der Waals surface area contributed by atoms with Crippen molar-refractivity contribution >= 4 is 5.57 Å². The number of benzene rings is 1. The molecule has 0 bridgehead atoms. The van der Waals surface area contributed by atoms with E-state index in [1.54, 1.807) is 0 Å². The van der Waals surface area contributed by atoms with Gasteiger partial charge in [0.25, 0.3) is 0 Å². The summed E-state index contributed by atoms with van der Waals surface area (Å²) in [5, 5.41) is 0. The maximum Gasteiger partial charge on any atom is -0.0126 e. The molecule has 1 rings (SSSR count). The van der Waals surface area contributed by atoms with Crippen molar-refractivity contribution in [1.82, 2.24) is 0 Å². The number of hydrogen-bond acceptors (Lipinski definition) is 0. The van der Waals surface area contributed by atoms with Gasteiger partial charge in [0.05, 0.1) is 0 Å². The highest BCUT2D eigenvalue weighted by atomic mass is 14.2. The Morgan fingerprint density at radius 3 is 2.15 bits per heavy atom. The molecule has 0 radical (unpaired) electrons. The lowest BCUT2D eigenvalue weighted by molar-refractivity contribution is 0.782. The normalized spacial score (nSPS) is 11.7. The van der Waals surface area contributed by atoms with Crippen LogP contribution < -0.4 is 0 Å². The van der Waals surface area contributed by atoms with Crippen LogP contribution in [0.5, 0.6) is 0 Å². The van der Waals surface area contributed by atoms with Gasteiger partial charge in [-0.2, -0.15) is 0 Å². The highest BCUT2D eigenvalue weighted by Gasteiger charge is 2.15. The third-order valence-electron chi connectivity index (χ3n) is 3.73. The molecule has 1 aromatic rings. The van der Waals surface area contributed by atoms with E-state index in [4.69, 9.17) is 0 Å². The summed E-state index contributed by atoms with van der Waals surface area (Å²) < 4.78 is 0. The highest BCUT2D eigenvalue weighted by molar-refractivity contribution is 5.86. The minimum Gasteiger partial charge on any atom is -0.0909 e. The van der Waals surface area contributed by atoms with E-state index in [-0.39, 0.29) is 0 Å². The van der Waals surface area contributed by atoms with Gasteiger partial charge in [-0.15, -0.1) is 0 Å². The van der Waals surface area contributed by atoms with Gasteiger partial charge in [-0.3, -0.25) is 0 Å². The van der Waals surface area contributed by atoms with Gasteiger partial charge in [0.15, 0.2) is 0 Å². The van der Waals surface area contributed by atoms with Crippen LogP contribution in [0.4, 0.5) is 0 Å². The van der Waals surface area contributed by atoms with E-state index in [1.807, 2.05) is 0 Å². The first kappa shape index (κ1) is 16.5. The lowest BCUT2D eigenvalue weighted by Crippen LogP contribution is -2.02. The molecule has 0 unspecified atom stereocenters. The molecule has 0 aliphatic heterocycles. The van der Waals surface area contributed by atoms with Crippen LogP contribution in [0.2, 0.25) is 0 Å². The molecule has 0 amide bonds. The molecule has 0 atom stereocenters. The minimum atomic E-state index is 0.493. The predicted molar refractivity (Wildman–Crippen MR) is 91.9 cm³/mol. The zero-order chi connectivity index (χ0) is 15.4. The van der Waals surface area contributed by atoms with Crippen LogP contribution in [0, 0.1) is 19.8 Å². The fourth-order valence-electron chi connectivity index (χ4n) is 2.83. The van der Waals surface area contributed by atoms with Crippen molar-refractivity contribution < 1.29 is 0 Å². The fraction of sp³-hybridized carbons (Fsp3) is 0.400. The summed E-state index contributed by atoms with van der Waals surface area (Å²) >= 11 is 0. The van der Waals surface area contributed by atoms with Gasteiger partial charge in [-0.25, -0.2) is 0 Å². The van der Waals surface area contributed by atoms with Gasteiger partial charge in [-0.1, -0.05) is 55.8 Å². The van der Waals surface area contributed by atoms with Gasteiger partial charge >= 0.3 is 0 Å². The van der Waals surface area contributed by atoms with E-state index in [0.29, 0.717) is 5.92 Å². The van der Waals surface area contributed by atoms with Crippen LogP contribution in [0.25, 0.3) is 5.57 Å². The number of allylic oxidation sites excluding steroid dienone is 5. The van der Waals surface area contributed by atoms with E-state index in [2.05, 4.69) is 79.3 Å². The smallest absolute Gasteiger partial charge is 0.0126 e. The third kappa shape index (κ3) is 3.50. The Morgan fingerprint density at radius 2 is 1.75 bits per heavy atom. The second-order valence-corrected chi connectivity index (χ2v) is 6.07. The van der Waals surface area contributed by atoms with E-state index < -0.39 is 0 Å². The molecule has 0 nitrogen and oxygen atoms in total. The van der Waals surface area contributed by atoms with Crippen LogP contribution in [0.15, 0.2) is 47.6 Å². The molecule has 20 heavy (non-hydrogen) atoms. The maximum atomic E-state index is 4.38. The SMILES string of the molecule is C=C(C(=C(C)C)c1ccc(C)cc1C)/C(=C\C)C(C)C. The number of hydrogen-bond donors (Lipinski definition) is 0. The van der Waals surface area contributed by atoms with Crippen molar-refractivity contribution in [2.24, 2.45) is 5.92 Å².